The van der Waals surface area contributed by atoms with E-state index in [-0.39, 0.29) is 28.7 Å². The van der Waals surface area contributed by atoms with Crippen LogP contribution in [-0.2, 0) is 44.1 Å². The molecule has 3 saturated heterocycles. The molecule has 0 radical (unpaired) electrons. The Morgan fingerprint density at radius 3 is 2.82 bits per heavy atom. The summed E-state index contributed by atoms with van der Waals surface area (Å²) in [6.07, 6.45) is -0.754. The van der Waals surface area contributed by atoms with Gasteiger partial charge in [0.1, 0.15) is 5.69 Å². The molecule has 1 aromatic heterocycles. The second-order valence-corrected chi connectivity index (χ2v) is 11.1. The monoisotopic (exact) mass is 536 g/mol. The summed E-state index contributed by atoms with van der Waals surface area (Å²) in [5, 5.41) is 16.6. The molecule has 34 heavy (non-hydrogen) atoms. The number of β-lactam (4-membered cyclic amide) rings is 1. The number of ether oxygens (including phenoxy) is 1. The van der Waals surface area contributed by atoms with E-state index in [1.807, 2.05) is 0 Å². The van der Waals surface area contributed by atoms with E-state index in [1.165, 1.54) is 12.5 Å². The minimum absolute atomic E-state index is 0.0185. The minimum atomic E-state index is -2.45. The number of esters is 1. The van der Waals surface area contributed by atoms with Gasteiger partial charge in [0.2, 0.25) is 8.38 Å². The van der Waals surface area contributed by atoms with Crippen LogP contribution < -0.4 is 11.1 Å². The van der Waals surface area contributed by atoms with Crippen LogP contribution in [-0.4, -0.2) is 90.6 Å². The molecule has 3 aliphatic heterocycles. The number of aromatic nitrogens is 1. The molecule has 0 bridgehead atoms. The van der Waals surface area contributed by atoms with Gasteiger partial charge in [-0.3, -0.25) is 14.4 Å². The van der Waals surface area contributed by atoms with Crippen molar-refractivity contribution in [3.8, 4) is 0 Å². The maximum Gasteiger partial charge on any atom is 0.371 e. The van der Waals surface area contributed by atoms with E-state index in [0.29, 0.717) is 0 Å². The fourth-order valence-electron chi connectivity index (χ4n) is 4.02. The molecule has 1 aromatic rings. The molecule has 6 N–H and O–H groups in total. The molecule has 2 amide bonds. The third-order valence-corrected chi connectivity index (χ3v) is 8.59. The van der Waals surface area contributed by atoms with Crippen molar-refractivity contribution < 1.29 is 47.8 Å². The zero-order valence-electron chi connectivity index (χ0n) is 17.3. The van der Waals surface area contributed by atoms with Crippen molar-refractivity contribution in [2.75, 3.05) is 24.9 Å². The molecule has 4 heterocycles. The number of aliphatic carboxylic acids is 1. The number of rotatable bonds is 8. The lowest BCUT2D eigenvalue weighted by molar-refractivity contribution is -0.217. The number of nitrogens with two attached hydrogens (primary N) is 1. The Morgan fingerprint density at radius 2 is 2.24 bits per heavy atom. The quantitative estimate of drug-likeness (QED) is 0.0601. The lowest BCUT2D eigenvalue weighted by Gasteiger charge is -2.53. The summed E-state index contributed by atoms with van der Waals surface area (Å²) < 4.78 is 10.6. The standard InChI is InChI=1S/C16H18N5O10PS2/c1-29-34-4-6-2-8(22)31-16(6,14(25)26)21-12(24)10(13(21)34)19-11(23)9(20-30-5-32(27)28)7-3-33-15(17)18-7/h3,6,10,13,27-28H,2,4-5H2,1H3,(H3-,17,18,19,23,25,26)/p+1/b20-9-. The van der Waals surface area contributed by atoms with Crippen LogP contribution in [0.2, 0.25) is 0 Å². The second kappa shape index (κ2) is 9.24. The number of hydrogen-bond acceptors (Lipinski definition) is 13. The Bertz CT molecular complexity index is 1070. The number of nitrogens with one attached hydrogen (secondary N) is 1. The third kappa shape index (κ3) is 3.97. The fourth-order valence-corrected chi connectivity index (χ4v) is 6.98. The number of carboxylic acid groups (broad SMARTS) is 1. The zero-order valence-corrected chi connectivity index (χ0v) is 19.8. The lowest BCUT2D eigenvalue weighted by atomic mass is 9.89. The number of thiazole rings is 1. The lowest BCUT2D eigenvalue weighted by Crippen LogP contribution is -2.84. The van der Waals surface area contributed by atoms with Gasteiger partial charge >= 0.3 is 11.9 Å². The van der Waals surface area contributed by atoms with Crippen molar-refractivity contribution in [1.82, 2.24) is 15.2 Å². The normalized spacial score (nSPS) is 30.4. The minimum Gasteiger partial charge on any atom is -0.477 e. The SMILES string of the molecule is CO[S+]1CC2CC(=O)OC2(C(=O)O)N2C(=O)C(NC(=O)/C(=N\OCP(O)O)c3csc(N)n3)C21. The van der Waals surface area contributed by atoms with E-state index in [1.54, 1.807) is 0 Å². The number of nitrogen functional groups attached to an aromatic ring is 1. The van der Waals surface area contributed by atoms with Crippen molar-refractivity contribution >= 4 is 65.5 Å². The predicted octanol–water partition coefficient (Wildman–Crippen LogP) is -2.11. The topological polar surface area (TPSA) is 223 Å². The molecule has 4 rings (SSSR count). The van der Waals surface area contributed by atoms with E-state index < -0.39 is 72.7 Å². The summed E-state index contributed by atoms with van der Waals surface area (Å²) in [5.41, 5.74) is 3.08. The van der Waals surface area contributed by atoms with Gasteiger partial charge in [0.05, 0.1) is 19.4 Å². The third-order valence-electron chi connectivity index (χ3n) is 5.39. The molecular formula is C16H19N5O10PS2+. The van der Waals surface area contributed by atoms with Crippen LogP contribution in [0.15, 0.2) is 10.5 Å². The maximum absolute atomic E-state index is 13.1. The molecule has 5 atom stereocenters. The van der Waals surface area contributed by atoms with Crippen molar-refractivity contribution in [2.45, 2.75) is 23.6 Å². The second-order valence-electron chi connectivity index (χ2n) is 7.28. The highest BCUT2D eigenvalue weighted by Crippen LogP contribution is 2.49. The van der Waals surface area contributed by atoms with Crippen molar-refractivity contribution in [3.63, 3.8) is 0 Å². The van der Waals surface area contributed by atoms with Crippen LogP contribution in [0, 0.1) is 5.92 Å². The molecule has 3 aliphatic rings. The van der Waals surface area contributed by atoms with Gasteiger partial charge in [-0.15, -0.1) is 11.3 Å². The molecule has 0 spiro atoms. The highest BCUT2D eigenvalue weighted by Gasteiger charge is 2.78. The molecular weight excluding hydrogens is 517 g/mol. The first-order valence-electron chi connectivity index (χ1n) is 9.50. The summed E-state index contributed by atoms with van der Waals surface area (Å²) in [5.74, 6) is -4.57. The summed E-state index contributed by atoms with van der Waals surface area (Å²) in [6.45, 7) is 0. The molecule has 15 nitrogen and oxygen atoms in total. The van der Waals surface area contributed by atoms with Gasteiger partial charge < -0.3 is 35.5 Å². The summed E-state index contributed by atoms with van der Waals surface area (Å²) >= 11 is -0.000796. The smallest absolute Gasteiger partial charge is 0.371 e. The average Bonchev–Trinajstić information content (AvgIpc) is 3.35. The molecule has 0 aromatic carbocycles. The highest BCUT2D eigenvalue weighted by molar-refractivity contribution is 7.93. The Hall–Kier alpha value is -2.56. The molecule has 0 saturated carbocycles. The molecule has 184 valence electrons. The van der Waals surface area contributed by atoms with E-state index in [0.717, 1.165) is 16.2 Å². The fraction of sp³-hybridized carbons (Fsp3) is 0.500. The number of nitrogens with zero attached hydrogens (tertiary/aromatic N) is 3. The molecule has 3 fully saturated rings. The first-order chi connectivity index (χ1) is 16.1. The summed E-state index contributed by atoms with van der Waals surface area (Å²) in [4.78, 5) is 77.8. The van der Waals surface area contributed by atoms with Gasteiger partial charge in [-0.2, -0.15) is 4.18 Å². The van der Waals surface area contributed by atoms with Crippen LogP contribution in [0.25, 0.3) is 0 Å². The first kappa shape index (κ1) is 24.6. The summed E-state index contributed by atoms with van der Waals surface area (Å²) in [7, 11) is -1.06. The first-order valence-corrected chi connectivity index (χ1v) is 13.2. The van der Waals surface area contributed by atoms with Gasteiger partial charge in [0.15, 0.2) is 40.2 Å². The van der Waals surface area contributed by atoms with Crippen molar-refractivity contribution in [1.29, 1.82) is 0 Å². The number of carbonyl (C=O) groups excluding carboxylic acids is 3. The van der Waals surface area contributed by atoms with Gasteiger partial charge in [0, 0.05) is 5.38 Å². The molecule has 18 heteroatoms. The zero-order chi connectivity index (χ0) is 24.8. The van der Waals surface area contributed by atoms with E-state index in [9.17, 15) is 24.3 Å². The Morgan fingerprint density at radius 1 is 1.50 bits per heavy atom. The predicted molar refractivity (Wildman–Crippen MR) is 117 cm³/mol. The van der Waals surface area contributed by atoms with Crippen LogP contribution in [0.4, 0.5) is 5.13 Å². The van der Waals surface area contributed by atoms with E-state index >= 15 is 0 Å². The number of carboxylic acids is 1. The Balaban J connectivity index is 1.60. The Kier molecular flexibility index (Phi) is 6.67. The average molecular weight is 536 g/mol. The van der Waals surface area contributed by atoms with E-state index in [2.05, 4.69) is 15.5 Å². The number of anilines is 1. The van der Waals surface area contributed by atoms with Gasteiger partial charge in [-0.05, 0) is 0 Å². The van der Waals surface area contributed by atoms with Crippen molar-refractivity contribution in [3.05, 3.63) is 11.1 Å². The number of carbonyl (C=O) groups is 4. The molecule has 0 aliphatic carbocycles. The molecule has 5 unspecified atom stereocenters. The van der Waals surface area contributed by atoms with Gasteiger partial charge in [0.25, 0.3) is 22.9 Å². The largest absolute Gasteiger partial charge is 0.477 e. The van der Waals surface area contributed by atoms with Crippen LogP contribution in [0.5, 0.6) is 0 Å². The highest BCUT2D eigenvalue weighted by atomic mass is 32.2. The van der Waals surface area contributed by atoms with Crippen molar-refractivity contribution in [2.24, 2.45) is 11.1 Å². The van der Waals surface area contributed by atoms with Crippen LogP contribution in [0.3, 0.4) is 0 Å². The number of hydrogen-bond donors (Lipinski definition) is 5. The van der Waals surface area contributed by atoms with Crippen LogP contribution in [0.1, 0.15) is 12.1 Å². The van der Waals surface area contributed by atoms with E-state index in [4.69, 9.17) is 29.3 Å². The summed E-state index contributed by atoms with van der Waals surface area (Å²) in [6, 6.07) is -1.21. The van der Waals surface area contributed by atoms with Gasteiger partial charge in [-0.1, -0.05) is 5.16 Å². The maximum atomic E-state index is 13.1. The number of fused-ring (bicyclic) bond motifs is 3. The Labute approximate surface area is 199 Å². The van der Waals surface area contributed by atoms with Crippen LogP contribution >= 0.6 is 19.7 Å². The number of oxime groups is 1. The number of amides is 2. The van der Waals surface area contributed by atoms with Gasteiger partial charge in [-0.25, -0.2) is 14.7 Å².